The first kappa shape index (κ1) is 40.1. The lowest BCUT2D eigenvalue weighted by atomic mass is 9.33. The number of anilines is 4. The third-order valence-corrected chi connectivity index (χ3v) is 18.9. The third kappa shape index (κ3) is 4.70. The average Bonchev–Trinajstić information content (AvgIpc) is 3.81. The number of nitrogens with zero attached hydrogens (tertiary/aromatic N) is 3. The van der Waals surface area contributed by atoms with Gasteiger partial charge in [-0.15, -0.1) is 0 Å². The Bertz CT molecular complexity index is 3230. The summed E-state index contributed by atoms with van der Waals surface area (Å²) in [5, 5.41) is 2.78. The lowest BCUT2D eigenvalue weighted by molar-refractivity contribution is 0.194. The highest BCUT2D eigenvalue weighted by atomic mass is 15.3. The number of hydrogen-bond acceptors (Lipinski definition) is 2. The molecule has 0 saturated heterocycles. The summed E-state index contributed by atoms with van der Waals surface area (Å²) in [6, 6.07) is 41.8. The average molecular weight is 852 g/mol. The van der Waals surface area contributed by atoms with Gasteiger partial charge in [0, 0.05) is 55.6 Å². The van der Waals surface area contributed by atoms with Crippen LogP contribution in [0.2, 0.25) is 0 Å². The van der Waals surface area contributed by atoms with Crippen LogP contribution in [0.4, 0.5) is 22.7 Å². The number of para-hydroxylation sites is 1. The molecule has 5 heterocycles. The number of rotatable bonds is 2. The second-order valence-electron chi connectivity index (χ2n) is 24.3. The zero-order chi connectivity index (χ0) is 45.0. The van der Waals surface area contributed by atoms with Crippen molar-refractivity contribution < 1.29 is 0 Å². The molecule has 6 aromatic carbocycles. The molecule has 0 radical (unpaired) electrons. The van der Waals surface area contributed by atoms with Crippen molar-refractivity contribution in [3.63, 3.8) is 0 Å². The lowest BCUT2D eigenvalue weighted by Crippen LogP contribution is -2.64. The second kappa shape index (κ2) is 12.6. The van der Waals surface area contributed by atoms with Gasteiger partial charge in [-0.05, 0) is 150 Å². The van der Waals surface area contributed by atoms with Gasteiger partial charge in [0.25, 0.3) is 6.71 Å². The Morgan fingerprint density at radius 2 is 1.22 bits per heavy atom. The molecule has 328 valence electrons. The summed E-state index contributed by atoms with van der Waals surface area (Å²) >= 11 is 0. The largest absolute Gasteiger partial charge is 0.335 e. The summed E-state index contributed by atoms with van der Waals surface area (Å²) in [5.74, 6) is 0. The third-order valence-electron chi connectivity index (χ3n) is 18.9. The fraction of sp³-hybridized carbons (Fsp3) is 0.410. The summed E-state index contributed by atoms with van der Waals surface area (Å²) in [6.07, 6.45) is 9.74. The first-order valence-electron chi connectivity index (χ1n) is 25.2. The summed E-state index contributed by atoms with van der Waals surface area (Å²) in [4.78, 5) is 5.85. The highest BCUT2D eigenvalue weighted by molar-refractivity contribution is 7.00. The van der Waals surface area contributed by atoms with Crippen LogP contribution in [0.3, 0.4) is 0 Å². The molecule has 1 aromatic heterocycles. The van der Waals surface area contributed by atoms with E-state index in [0.29, 0.717) is 0 Å². The van der Waals surface area contributed by atoms with Crippen molar-refractivity contribution >= 4 is 67.7 Å². The molecule has 2 fully saturated rings. The Labute approximate surface area is 388 Å². The molecule has 0 amide bonds. The molecular weight excluding hydrogens is 786 g/mol. The minimum absolute atomic E-state index is 0.0155. The maximum Gasteiger partial charge on any atom is 0.252 e. The fourth-order valence-corrected chi connectivity index (χ4v) is 15.7. The van der Waals surface area contributed by atoms with Crippen molar-refractivity contribution in [2.75, 3.05) is 9.80 Å². The molecule has 2 saturated carbocycles. The predicted octanol–water partition coefficient (Wildman–Crippen LogP) is 13.7. The Morgan fingerprint density at radius 1 is 0.554 bits per heavy atom. The number of hydrogen-bond donors (Lipinski definition) is 0. The zero-order valence-corrected chi connectivity index (χ0v) is 40.9. The van der Waals surface area contributed by atoms with Crippen LogP contribution in [-0.4, -0.2) is 22.4 Å². The van der Waals surface area contributed by atoms with Crippen LogP contribution >= 0.6 is 0 Å². The Hall–Kier alpha value is -5.22. The van der Waals surface area contributed by atoms with E-state index in [9.17, 15) is 0 Å². The molecular formula is C61H66BN3. The van der Waals surface area contributed by atoms with Crippen LogP contribution in [0.5, 0.6) is 0 Å². The molecule has 2 aliphatic carbocycles. The van der Waals surface area contributed by atoms with Crippen molar-refractivity contribution in [2.24, 2.45) is 0 Å². The Balaban J connectivity index is 1.21. The van der Waals surface area contributed by atoms with Crippen molar-refractivity contribution in [2.45, 2.75) is 160 Å². The maximum atomic E-state index is 2.98. The van der Waals surface area contributed by atoms with Crippen LogP contribution in [0.15, 0.2) is 103 Å². The molecule has 13 rings (SSSR count). The van der Waals surface area contributed by atoms with Gasteiger partial charge in [0.15, 0.2) is 0 Å². The van der Waals surface area contributed by atoms with Gasteiger partial charge in [0.1, 0.15) is 0 Å². The van der Waals surface area contributed by atoms with E-state index >= 15 is 0 Å². The lowest BCUT2D eigenvalue weighted by Gasteiger charge is -2.54. The molecule has 4 heteroatoms. The van der Waals surface area contributed by atoms with Crippen molar-refractivity contribution in [1.82, 2.24) is 4.57 Å². The molecule has 0 bridgehead atoms. The van der Waals surface area contributed by atoms with Gasteiger partial charge in [-0.1, -0.05) is 146 Å². The zero-order valence-electron chi connectivity index (χ0n) is 40.9. The maximum absolute atomic E-state index is 2.98. The van der Waals surface area contributed by atoms with Gasteiger partial charge in [0.2, 0.25) is 0 Å². The molecule has 6 aliphatic rings. The van der Waals surface area contributed by atoms with Crippen molar-refractivity contribution in [1.29, 1.82) is 0 Å². The SMILES string of the molecule is Cc1cc(C)c2c3c1B1c4c(cc(N5c6ccccc6C6(c7ccccc7)CCCCC56C)cc4-n4c5ccc(C(C)(C)C)cc5c5cc(C(C)(C)C)cc1c54)N3C1(C)CCCCC21C. The van der Waals surface area contributed by atoms with Gasteiger partial charge >= 0.3 is 0 Å². The first-order chi connectivity index (χ1) is 30.9. The van der Waals surface area contributed by atoms with Crippen molar-refractivity contribution in [3.05, 3.63) is 142 Å². The summed E-state index contributed by atoms with van der Waals surface area (Å²) in [5.41, 5.74) is 24.3. The normalized spacial score (nSPS) is 26.0. The van der Waals surface area contributed by atoms with E-state index in [2.05, 4.69) is 194 Å². The highest BCUT2D eigenvalue weighted by Crippen LogP contribution is 2.66. The van der Waals surface area contributed by atoms with E-state index in [1.54, 1.807) is 11.0 Å². The molecule has 0 spiro atoms. The molecule has 4 unspecified atom stereocenters. The van der Waals surface area contributed by atoms with Crippen molar-refractivity contribution in [3.8, 4) is 5.69 Å². The number of benzene rings is 6. The predicted molar refractivity (Wildman–Crippen MR) is 278 cm³/mol. The summed E-state index contributed by atoms with van der Waals surface area (Å²) < 4.78 is 2.75. The van der Waals surface area contributed by atoms with Crippen LogP contribution in [0.1, 0.15) is 153 Å². The highest BCUT2D eigenvalue weighted by Gasteiger charge is 2.64. The standard InChI is InChI=1S/C61H66BN3/c1-37-31-38(2)52-55-51(37)58(9)27-17-18-28-59(58,10)65(55)50-36-42(64-48-24-16-15-23-45(48)61(39-21-13-12-14-22-39)30-20-19-29-60(61,64)11)35-49-53(50)62(52)46-34-41(57(6,7)8)33-44-43-32-40(56(3,4)5)25-26-47(43)63(49)54(44)46/h12-16,21-26,31-36H,17-20,27-30H2,1-11H3. The van der Waals surface area contributed by atoms with Crippen LogP contribution < -0.4 is 26.2 Å². The smallest absolute Gasteiger partial charge is 0.252 e. The molecule has 4 atom stereocenters. The van der Waals surface area contributed by atoms with Gasteiger partial charge in [-0.2, -0.15) is 0 Å². The van der Waals surface area contributed by atoms with E-state index in [1.807, 2.05) is 0 Å². The van der Waals surface area contributed by atoms with E-state index in [0.717, 1.165) is 12.8 Å². The van der Waals surface area contributed by atoms with Gasteiger partial charge < -0.3 is 14.4 Å². The monoisotopic (exact) mass is 852 g/mol. The van der Waals surface area contributed by atoms with Gasteiger partial charge in [0.05, 0.1) is 16.6 Å². The minimum atomic E-state index is -0.167. The van der Waals surface area contributed by atoms with E-state index < -0.39 is 0 Å². The quantitative estimate of drug-likeness (QED) is 0.161. The second-order valence-corrected chi connectivity index (χ2v) is 24.3. The number of fused-ring (bicyclic) bond motifs is 13. The first-order valence-corrected chi connectivity index (χ1v) is 25.2. The molecule has 3 nitrogen and oxygen atoms in total. The number of aryl methyl sites for hydroxylation is 2. The van der Waals surface area contributed by atoms with Crippen LogP contribution in [-0.2, 0) is 21.7 Å². The Morgan fingerprint density at radius 3 is 1.97 bits per heavy atom. The van der Waals surface area contributed by atoms with E-state index in [-0.39, 0.29) is 39.5 Å². The minimum Gasteiger partial charge on any atom is -0.335 e. The number of aromatic nitrogens is 1. The van der Waals surface area contributed by atoms with E-state index in [4.69, 9.17) is 0 Å². The van der Waals surface area contributed by atoms with Gasteiger partial charge in [-0.3, -0.25) is 0 Å². The molecule has 0 N–H and O–H groups in total. The van der Waals surface area contributed by atoms with Crippen LogP contribution in [0.25, 0.3) is 27.5 Å². The molecule has 4 aliphatic heterocycles. The summed E-state index contributed by atoms with van der Waals surface area (Å²) in [6.45, 7) is 27.3. The van der Waals surface area contributed by atoms with Gasteiger partial charge in [-0.25, -0.2) is 0 Å². The fourth-order valence-electron chi connectivity index (χ4n) is 15.7. The van der Waals surface area contributed by atoms with Crippen LogP contribution in [0, 0.1) is 13.8 Å². The molecule has 65 heavy (non-hydrogen) atoms. The summed E-state index contributed by atoms with van der Waals surface area (Å²) in [7, 11) is 0. The topological polar surface area (TPSA) is 11.4 Å². The molecule has 7 aromatic rings. The Kier molecular flexibility index (Phi) is 7.78. The van der Waals surface area contributed by atoms with E-state index in [1.165, 1.54) is 133 Å².